The fourth-order valence-electron chi connectivity index (χ4n) is 1.26. The molecule has 0 saturated carbocycles. The third-order valence-corrected chi connectivity index (χ3v) is 2.55. The van der Waals surface area contributed by atoms with Gasteiger partial charge in [-0.15, -0.1) is 0 Å². The van der Waals surface area contributed by atoms with Gasteiger partial charge in [-0.25, -0.2) is 9.59 Å². The van der Waals surface area contributed by atoms with Crippen molar-refractivity contribution < 1.29 is 19.4 Å². The molecule has 0 aromatic rings. The predicted molar refractivity (Wildman–Crippen MR) is 81.5 cm³/mol. The topological polar surface area (TPSA) is 111 Å². The zero-order chi connectivity index (χ0) is 17.5. The van der Waals surface area contributed by atoms with Crippen LogP contribution in [0.2, 0.25) is 0 Å². The fourth-order valence-corrected chi connectivity index (χ4v) is 1.26. The first-order chi connectivity index (χ1) is 10.3. The molecule has 0 heterocycles. The Morgan fingerprint density at radius 3 is 2.05 bits per heavy atom. The first-order valence-corrected chi connectivity index (χ1v) is 6.92. The van der Waals surface area contributed by atoms with Crippen molar-refractivity contribution in [3.63, 3.8) is 0 Å². The summed E-state index contributed by atoms with van der Waals surface area (Å²) in [5, 5.41) is 24.0. The largest absolute Gasteiger partial charge is 0.477 e. The third-order valence-electron chi connectivity index (χ3n) is 2.55. The van der Waals surface area contributed by atoms with Crippen molar-refractivity contribution in [2.45, 2.75) is 52.1 Å². The Kier molecular flexibility index (Phi) is 13.2. The quantitative estimate of drug-likeness (QED) is 0.319. The number of hydrogen-bond acceptors (Lipinski definition) is 5. The molecule has 0 spiro atoms. The Morgan fingerprint density at radius 1 is 1.14 bits per heavy atom. The number of carboxylic acid groups (broad SMARTS) is 1. The number of hydrogen-bond donors (Lipinski definition) is 1. The SMILES string of the molecule is C=C(C#N)C(=O)O.C=C(C#N)C(=O)OC(C)CCCCCC. The molecule has 22 heavy (non-hydrogen) atoms. The van der Waals surface area contributed by atoms with Gasteiger partial charge >= 0.3 is 11.9 Å². The summed E-state index contributed by atoms with van der Waals surface area (Å²) in [6.07, 6.45) is 5.35. The average Bonchev–Trinajstić information content (AvgIpc) is 2.50. The lowest BCUT2D eigenvalue weighted by molar-refractivity contribution is -0.143. The Morgan fingerprint density at radius 2 is 1.68 bits per heavy atom. The summed E-state index contributed by atoms with van der Waals surface area (Å²) in [7, 11) is 0. The molecule has 0 radical (unpaired) electrons. The highest BCUT2D eigenvalue weighted by atomic mass is 16.5. The van der Waals surface area contributed by atoms with Gasteiger partial charge in [-0.05, 0) is 19.8 Å². The van der Waals surface area contributed by atoms with Crippen molar-refractivity contribution in [2.75, 3.05) is 0 Å². The molecule has 0 fully saturated rings. The summed E-state index contributed by atoms with van der Waals surface area (Å²) in [5.74, 6) is -1.86. The monoisotopic (exact) mass is 306 g/mol. The van der Waals surface area contributed by atoms with Crippen molar-refractivity contribution in [2.24, 2.45) is 0 Å². The first kappa shape index (κ1) is 21.7. The summed E-state index contributed by atoms with van der Waals surface area (Å²) in [4.78, 5) is 20.7. The fraction of sp³-hybridized carbons (Fsp3) is 0.500. The molecule has 0 amide bonds. The van der Waals surface area contributed by atoms with Gasteiger partial charge in [0.1, 0.15) is 23.3 Å². The highest BCUT2D eigenvalue weighted by Crippen LogP contribution is 2.09. The van der Waals surface area contributed by atoms with E-state index in [1.54, 1.807) is 6.07 Å². The second-order valence-electron chi connectivity index (χ2n) is 4.55. The molecule has 0 rings (SSSR count). The summed E-state index contributed by atoms with van der Waals surface area (Å²) in [5.41, 5.74) is -0.560. The van der Waals surface area contributed by atoms with E-state index in [1.165, 1.54) is 18.9 Å². The molecule has 0 aliphatic carbocycles. The molecule has 6 nitrogen and oxygen atoms in total. The standard InChI is InChI=1S/C12H19NO2.C4H3NO2/c1-4-5-6-7-8-11(3)15-12(14)10(2)9-13;1-3(2-5)4(6)7/h11H,2,4-8H2,1,3H3;1H2,(H,6,7). The Balaban J connectivity index is 0. The lowest BCUT2D eigenvalue weighted by Crippen LogP contribution is -2.15. The maximum Gasteiger partial charge on any atom is 0.348 e. The van der Waals surface area contributed by atoms with E-state index >= 15 is 0 Å². The predicted octanol–water partition coefficient (Wildman–Crippen LogP) is 3.12. The minimum absolute atomic E-state index is 0.126. The molecule has 0 saturated heterocycles. The number of esters is 1. The van der Waals surface area contributed by atoms with Crippen LogP contribution >= 0.6 is 0 Å². The van der Waals surface area contributed by atoms with Crippen molar-refractivity contribution in [3.8, 4) is 12.1 Å². The molecule has 0 aromatic heterocycles. The number of nitriles is 2. The highest BCUT2D eigenvalue weighted by molar-refractivity contribution is 5.92. The van der Waals surface area contributed by atoms with Crippen LogP contribution in [0.3, 0.4) is 0 Å². The van der Waals surface area contributed by atoms with Gasteiger partial charge in [0.2, 0.25) is 0 Å². The summed E-state index contributed by atoms with van der Waals surface area (Å²) >= 11 is 0. The first-order valence-electron chi connectivity index (χ1n) is 6.92. The van der Waals surface area contributed by atoms with Crippen molar-refractivity contribution >= 4 is 11.9 Å². The molecule has 0 aliphatic rings. The molecule has 1 atom stereocenters. The molecule has 1 N–H and O–H groups in total. The van der Waals surface area contributed by atoms with Gasteiger partial charge in [0, 0.05) is 0 Å². The summed E-state index contributed by atoms with van der Waals surface area (Å²) in [6, 6.07) is 3.05. The van der Waals surface area contributed by atoms with Gasteiger partial charge in [-0.1, -0.05) is 39.3 Å². The lowest BCUT2D eigenvalue weighted by Gasteiger charge is -2.11. The van der Waals surface area contributed by atoms with Crippen LogP contribution in [0.5, 0.6) is 0 Å². The van der Waals surface area contributed by atoms with E-state index in [4.69, 9.17) is 20.4 Å². The van der Waals surface area contributed by atoms with Crippen LogP contribution in [0, 0.1) is 22.7 Å². The minimum Gasteiger partial charge on any atom is -0.477 e. The zero-order valence-electron chi connectivity index (χ0n) is 13.1. The van der Waals surface area contributed by atoms with E-state index in [2.05, 4.69) is 20.1 Å². The average molecular weight is 306 g/mol. The lowest BCUT2D eigenvalue weighted by atomic mass is 10.1. The molecular formula is C16H22N2O4. The molecule has 1 unspecified atom stereocenters. The van der Waals surface area contributed by atoms with E-state index in [1.807, 2.05) is 6.92 Å². The summed E-state index contributed by atoms with van der Waals surface area (Å²) < 4.78 is 5.02. The van der Waals surface area contributed by atoms with Crippen LogP contribution in [-0.4, -0.2) is 23.1 Å². The second-order valence-corrected chi connectivity index (χ2v) is 4.55. The number of ether oxygens (including phenoxy) is 1. The third kappa shape index (κ3) is 12.4. The van der Waals surface area contributed by atoms with Gasteiger partial charge in [0.05, 0.1) is 6.10 Å². The van der Waals surface area contributed by atoms with Gasteiger partial charge in [-0.2, -0.15) is 10.5 Å². The van der Waals surface area contributed by atoms with Crippen molar-refractivity contribution in [3.05, 3.63) is 24.3 Å². The Labute approximate surface area is 131 Å². The van der Waals surface area contributed by atoms with Crippen LogP contribution < -0.4 is 0 Å². The van der Waals surface area contributed by atoms with Crippen molar-refractivity contribution in [1.29, 1.82) is 10.5 Å². The number of carboxylic acids is 1. The molecule has 0 aliphatic heterocycles. The van der Waals surface area contributed by atoms with Gasteiger partial charge in [0.15, 0.2) is 0 Å². The number of rotatable bonds is 8. The van der Waals surface area contributed by atoms with E-state index in [-0.39, 0.29) is 11.7 Å². The minimum atomic E-state index is -1.26. The summed E-state index contributed by atoms with van der Waals surface area (Å²) in [6.45, 7) is 10.2. The molecule has 0 bridgehead atoms. The molecular weight excluding hydrogens is 284 g/mol. The van der Waals surface area contributed by atoms with Crippen LogP contribution in [0.4, 0.5) is 0 Å². The Hall–Kier alpha value is -2.60. The van der Waals surface area contributed by atoms with Gasteiger partial charge in [0.25, 0.3) is 0 Å². The Bertz CT molecular complexity index is 483. The molecule has 6 heteroatoms. The number of nitrogens with zero attached hydrogens (tertiary/aromatic N) is 2. The number of carbonyl (C=O) groups is 2. The van der Waals surface area contributed by atoms with Gasteiger partial charge in [-0.3, -0.25) is 0 Å². The number of unbranched alkanes of at least 4 members (excludes halogenated alkanes) is 3. The van der Waals surface area contributed by atoms with Gasteiger partial charge < -0.3 is 9.84 Å². The number of aliphatic carboxylic acids is 1. The molecule has 120 valence electrons. The maximum atomic E-state index is 11.1. The van der Waals surface area contributed by atoms with Crippen LogP contribution in [0.1, 0.15) is 46.0 Å². The second kappa shape index (κ2) is 13.4. The van der Waals surface area contributed by atoms with E-state index in [0.29, 0.717) is 0 Å². The van der Waals surface area contributed by atoms with E-state index in [9.17, 15) is 9.59 Å². The molecule has 0 aromatic carbocycles. The number of carbonyl (C=O) groups excluding carboxylic acids is 1. The van der Waals surface area contributed by atoms with Crippen LogP contribution in [0.15, 0.2) is 24.3 Å². The van der Waals surface area contributed by atoms with Crippen LogP contribution in [-0.2, 0) is 14.3 Å². The smallest absolute Gasteiger partial charge is 0.348 e. The van der Waals surface area contributed by atoms with Crippen molar-refractivity contribution in [1.82, 2.24) is 0 Å². The highest BCUT2D eigenvalue weighted by Gasteiger charge is 2.11. The maximum absolute atomic E-state index is 11.1. The zero-order valence-corrected chi connectivity index (χ0v) is 13.1. The van der Waals surface area contributed by atoms with Crippen LogP contribution in [0.25, 0.3) is 0 Å². The van der Waals surface area contributed by atoms with E-state index < -0.39 is 17.5 Å². The van der Waals surface area contributed by atoms with E-state index in [0.717, 1.165) is 19.3 Å². The normalized spacial score (nSPS) is 10.0.